The van der Waals surface area contributed by atoms with Crippen LogP contribution >= 0.6 is 0 Å². The molecule has 1 aromatic carbocycles. The summed E-state index contributed by atoms with van der Waals surface area (Å²) in [5.41, 5.74) is 1.91. The van der Waals surface area contributed by atoms with E-state index in [0.717, 1.165) is 17.5 Å². The third kappa shape index (κ3) is 4.34. The summed E-state index contributed by atoms with van der Waals surface area (Å²) in [6.07, 6.45) is 3.47. The molecule has 1 aromatic heterocycles. The summed E-state index contributed by atoms with van der Waals surface area (Å²) in [6.45, 7) is 3.77. The minimum Gasteiger partial charge on any atom is -0.504 e. The van der Waals surface area contributed by atoms with Gasteiger partial charge in [0.2, 0.25) is 0 Å². The first-order valence-corrected chi connectivity index (χ1v) is 10.2. The van der Waals surface area contributed by atoms with E-state index in [1.165, 1.54) is 6.07 Å². The Hall–Kier alpha value is -2.84. The van der Waals surface area contributed by atoms with Crippen LogP contribution in [0.1, 0.15) is 48.7 Å². The van der Waals surface area contributed by atoms with Crippen LogP contribution in [0.2, 0.25) is 0 Å². The Kier molecular flexibility index (Phi) is 6.79. The Balaban J connectivity index is 2.03. The standard InChI is InChI=1S/C22H28N2O6/c1-3-15-7-14-8-21(30-6-4-5-25)20(28)9-16(14)18-10-19(27)17(11-24(15)18)22(29)23-13(2)12-26/h8-11,13,15,25-26,28H,3-7,12H2,1-2H3,(H,23,29). The molecule has 2 unspecified atom stereocenters. The number of pyridine rings is 1. The Morgan fingerprint density at radius 3 is 2.77 bits per heavy atom. The fourth-order valence-corrected chi connectivity index (χ4v) is 3.66. The number of aliphatic hydroxyl groups excluding tert-OH is 2. The number of nitrogens with one attached hydrogen (secondary N) is 1. The van der Waals surface area contributed by atoms with Crippen molar-refractivity contribution < 1.29 is 24.9 Å². The minimum atomic E-state index is -0.520. The van der Waals surface area contributed by atoms with Crippen LogP contribution in [-0.4, -0.2) is 51.7 Å². The lowest BCUT2D eigenvalue weighted by Gasteiger charge is -2.31. The van der Waals surface area contributed by atoms with E-state index >= 15 is 0 Å². The van der Waals surface area contributed by atoms with Gasteiger partial charge in [0, 0.05) is 42.9 Å². The maximum atomic E-state index is 12.7. The largest absolute Gasteiger partial charge is 0.504 e. The highest BCUT2D eigenvalue weighted by molar-refractivity contribution is 5.94. The lowest BCUT2D eigenvalue weighted by atomic mass is 9.90. The summed E-state index contributed by atoms with van der Waals surface area (Å²) in [5, 5.41) is 31.1. The topological polar surface area (TPSA) is 121 Å². The number of amides is 1. The molecule has 0 radical (unpaired) electrons. The maximum absolute atomic E-state index is 12.7. The van der Waals surface area contributed by atoms with Crippen molar-refractivity contribution in [1.29, 1.82) is 0 Å². The highest BCUT2D eigenvalue weighted by atomic mass is 16.5. The molecule has 30 heavy (non-hydrogen) atoms. The molecule has 0 spiro atoms. The van der Waals surface area contributed by atoms with Crippen molar-refractivity contribution in [2.45, 2.75) is 45.2 Å². The molecule has 0 saturated carbocycles. The SMILES string of the molecule is CCC1Cc2cc(OCCCO)c(O)cc2-c2cc(=O)c(C(=O)NC(C)CO)cn21. The van der Waals surface area contributed by atoms with E-state index in [-0.39, 0.29) is 30.6 Å². The summed E-state index contributed by atoms with van der Waals surface area (Å²) < 4.78 is 7.48. The summed E-state index contributed by atoms with van der Waals surface area (Å²) in [5.74, 6) is -0.214. The molecule has 0 aliphatic carbocycles. The van der Waals surface area contributed by atoms with Gasteiger partial charge < -0.3 is 29.9 Å². The Bertz CT molecular complexity index is 984. The second-order valence-corrected chi connectivity index (χ2v) is 7.57. The number of hydrogen-bond donors (Lipinski definition) is 4. The number of nitrogens with zero attached hydrogens (tertiary/aromatic N) is 1. The average Bonchev–Trinajstić information content (AvgIpc) is 2.73. The van der Waals surface area contributed by atoms with Crippen LogP contribution < -0.4 is 15.5 Å². The van der Waals surface area contributed by atoms with Gasteiger partial charge in [0.15, 0.2) is 16.9 Å². The van der Waals surface area contributed by atoms with Crippen LogP contribution in [0.4, 0.5) is 0 Å². The molecule has 0 fully saturated rings. The van der Waals surface area contributed by atoms with Crippen molar-refractivity contribution in [1.82, 2.24) is 9.88 Å². The van der Waals surface area contributed by atoms with Crippen molar-refractivity contribution >= 4 is 5.91 Å². The number of carbonyl (C=O) groups excluding carboxylic acids is 1. The number of aromatic hydroxyl groups is 1. The normalized spacial score (nSPS) is 15.8. The molecular formula is C22H28N2O6. The van der Waals surface area contributed by atoms with Crippen LogP contribution in [0.3, 0.4) is 0 Å². The summed E-state index contributed by atoms with van der Waals surface area (Å²) in [4.78, 5) is 25.2. The highest BCUT2D eigenvalue weighted by Crippen LogP contribution is 2.41. The first kappa shape index (κ1) is 21.9. The number of fused-ring (bicyclic) bond motifs is 3. The number of rotatable bonds is 8. The third-order valence-corrected chi connectivity index (χ3v) is 5.32. The number of phenols is 1. The molecule has 2 aromatic rings. The summed E-state index contributed by atoms with van der Waals surface area (Å²) >= 11 is 0. The van der Waals surface area contributed by atoms with E-state index in [4.69, 9.17) is 14.9 Å². The van der Waals surface area contributed by atoms with Crippen LogP contribution in [0.5, 0.6) is 11.5 Å². The van der Waals surface area contributed by atoms with Crippen LogP contribution in [-0.2, 0) is 6.42 Å². The predicted octanol–water partition coefficient (Wildman–Crippen LogP) is 1.60. The first-order valence-electron chi connectivity index (χ1n) is 10.2. The summed E-state index contributed by atoms with van der Waals surface area (Å²) in [6, 6.07) is 4.35. The van der Waals surface area contributed by atoms with Gasteiger partial charge in [-0.3, -0.25) is 9.59 Å². The van der Waals surface area contributed by atoms with Gasteiger partial charge >= 0.3 is 0 Å². The van der Waals surface area contributed by atoms with E-state index in [2.05, 4.69) is 5.32 Å². The van der Waals surface area contributed by atoms with Crippen molar-refractivity contribution in [3.05, 3.63) is 45.7 Å². The number of ether oxygens (including phenoxy) is 1. The van der Waals surface area contributed by atoms with Crippen molar-refractivity contribution in [3.63, 3.8) is 0 Å². The fraction of sp³-hybridized carbons (Fsp3) is 0.455. The maximum Gasteiger partial charge on any atom is 0.257 e. The molecular weight excluding hydrogens is 388 g/mol. The van der Waals surface area contributed by atoms with Crippen LogP contribution in [0.15, 0.2) is 29.2 Å². The van der Waals surface area contributed by atoms with E-state index in [1.807, 2.05) is 11.5 Å². The molecule has 8 heteroatoms. The van der Waals surface area contributed by atoms with Gasteiger partial charge in [-0.15, -0.1) is 0 Å². The number of aromatic nitrogens is 1. The zero-order chi connectivity index (χ0) is 21.8. The number of hydrogen-bond acceptors (Lipinski definition) is 6. The third-order valence-electron chi connectivity index (χ3n) is 5.32. The second-order valence-electron chi connectivity index (χ2n) is 7.57. The monoisotopic (exact) mass is 416 g/mol. The first-order chi connectivity index (χ1) is 14.4. The number of carbonyl (C=O) groups is 1. The lowest BCUT2D eigenvalue weighted by Crippen LogP contribution is -2.38. The van der Waals surface area contributed by atoms with Gasteiger partial charge in [-0.1, -0.05) is 6.92 Å². The van der Waals surface area contributed by atoms with Gasteiger partial charge in [0.1, 0.15) is 5.56 Å². The van der Waals surface area contributed by atoms with Gasteiger partial charge in [-0.2, -0.15) is 0 Å². The molecule has 4 N–H and O–H groups in total. The van der Waals surface area contributed by atoms with E-state index in [1.54, 1.807) is 25.3 Å². The molecule has 2 heterocycles. The summed E-state index contributed by atoms with van der Waals surface area (Å²) in [7, 11) is 0. The van der Waals surface area contributed by atoms with Gasteiger partial charge in [-0.25, -0.2) is 0 Å². The molecule has 2 atom stereocenters. The van der Waals surface area contributed by atoms with Crippen molar-refractivity contribution in [3.8, 4) is 22.8 Å². The zero-order valence-corrected chi connectivity index (χ0v) is 17.2. The molecule has 1 aliphatic heterocycles. The average molecular weight is 416 g/mol. The molecule has 3 rings (SSSR count). The fourth-order valence-electron chi connectivity index (χ4n) is 3.66. The molecule has 1 amide bonds. The minimum absolute atomic E-state index is 0.00684. The van der Waals surface area contributed by atoms with Gasteiger partial charge in [-0.05, 0) is 37.5 Å². The van der Waals surface area contributed by atoms with Crippen LogP contribution in [0, 0.1) is 0 Å². The molecule has 0 saturated heterocycles. The zero-order valence-electron chi connectivity index (χ0n) is 17.2. The Morgan fingerprint density at radius 2 is 2.10 bits per heavy atom. The Morgan fingerprint density at radius 1 is 1.33 bits per heavy atom. The number of benzene rings is 1. The molecule has 0 bridgehead atoms. The van der Waals surface area contributed by atoms with Crippen molar-refractivity contribution in [2.75, 3.05) is 19.8 Å². The predicted molar refractivity (Wildman–Crippen MR) is 112 cm³/mol. The van der Waals surface area contributed by atoms with Gasteiger partial charge in [0.25, 0.3) is 5.91 Å². The van der Waals surface area contributed by atoms with E-state index < -0.39 is 17.4 Å². The molecule has 162 valence electrons. The van der Waals surface area contributed by atoms with E-state index in [0.29, 0.717) is 30.9 Å². The van der Waals surface area contributed by atoms with Gasteiger partial charge in [0.05, 0.1) is 18.9 Å². The van der Waals surface area contributed by atoms with Crippen molar-refractivity contribution in [2.24, 2.45) is 0 Å². The molecule has 8 nitrogen and oxygen atoms in total. The second kappa shape index (κ2) is 9.32. The quantitative estimate of drug-likeness (QED) is 0.485. The van der Waals surface area contributed by atoms with Crippen LogP contribution in [0.25, 0.3) is 11.3 Å². The number of phenolic OH excluding ortho intramolecular Hbond substituents is 1. The number of aliphatic hydroxyl groups is 2. The highest BCUT2D eigenvalue weighted by Gasteiger charge is 2.27. The smallest absolute Gasteiger partial charge is 0.257 e. The van der Waals surface area contributed by atoms with E-state index in [9.17, 15) is 14.7 Å². The lowest BCUT2D eigenvalue weighted by molar-refractivity contribution is 0.0920. The molecule has 1 aliphatic rings. The Labute approximate surface area is 174 Å².